The SMILES string of the molecule is CC(C)C(C)(NC(=O)CC(F)(F)F)C(=O)O. The Hall–Kier alpha value is -1.27. The molecule has 0 aromatic heterocycles. The van der Waals surface area contributed by atoms with Crippen LogP contribution >= 0.6 is 0 Å². The average Bonchev–Trinajstić information content (AvgIpc) is 1.98. The number of carboxylic acids is 1. The zero-order valence-corrected chi connectivity index (χ0v) is 9.18. The second kappa shape index (κ2) is 4.71. The predicted molar refractivity (Wildman–Crippen MR) is 49.7 cm³/mol. The molecule has 1 unspecified atom stereocenters. The van der Waals surface area contributed by atoms with Crippen LogP contribution in [0.4, 0.5) is 13.2 Å². The van der Waals surface area contributed by atoms with E-state index in [1.807, 2.05) is 5.32 Å². The molecule has 0 aliphatic carbocycles. The fourth-order valence-electron chi connectivity index (χ4n) is 0.961. The van der Waals surface area contributed by atoms with Gasteiger partial charge in [-0.15, -0.1) is 0 Å². The van der Waals surface area contributed by atoms with Crippen LogP contribution in [-0.4, -0.2) is 28.7 Å². The lowest BCUT2D eigenvalue weighted by Crippen LogP contribution is -2.56. The van der Waals surface area contributed by atoms with E-state index in [9.17, 15) is 22.8 Å². The minimum Gasteiger partial charge on any atom is -0.480 e. The smallest absolute Gasteiger partial charge is 0.397 e. The molecule has 0 aliphatic rings. The maximum atomic E-state index is 11.9. The first-order valence-corrected chi connectivity index (χ1v) is 4.60. The Balaban J connectivity index is 4.68. The predicted octanol–water partition coefficient (Wildman–Crippen LogP) is 1.55. The third-order valence-electron chi connectivity index (χ3n) is 2.36. The molecule has 0 saturated heterocycles. The number of alkyl halides is 3. The highest BCUT2D eigenvalue weighted by Crippen LogP contribution is 2.22. The molecule has 16 heavy (non-hydrogen) atoms. The standard InChI is InChI=1S/C9H14F3NO3/c1-5(2)8(3,7(15)16)13-6(14)4-9(10,11)12/h5H,4H2,1-3H3,(H,13,14)(H,15,16). The van der Waals surface area contributed by atoms with Crippen LogP contribution in [0.3, 0.4) is 0 Å². The van der Waals surface area contributed by atoms with Gasteiger partial charge in [0.25, 0.3) is 0 Å². The van der Waals surface area contributed by atoms with Crippen molar-refractivity contribution in [2.24, 2.45) is 5.92 Å². The molecule has 0 bridgehead atoms. The highest BCUT2D eigenvalue weighted by molar-refractivity contribution is 5.87. The van der Waals surface area contributed by atoms with Gasteiger partial charge in [0.15, 0.2) is 0 Å². The Morgan fingerprint density at radius 2 is 1.75 bits per heavy atom. The Morgan fingerprint density at radius 3 is 2.00 bits per heavy atom. The van der Waals surface area contributed by atoms with Gasteiger partial charge in [0.05, 0.1) is 0 Å². The van der Waals surface area contributed by atoms with Gasteiger partial charge in [0.2, 0.25) is 5.91 Å². The number of carbonyl (C=O) groups is 2. The van der Waals surface area contributed by atoms with Crippen molar-refractivity contribution >= 4 is 11.9 Å². The zero-order valence-electron chi connectivity index (χ0n) is 9.18. The third kappa shape index (κ3) is 4.08. The summed E-state index contributed by atoms with van der Waals surface area (Å²) in [5, 5.41) is 10.7. The normalized spacial score (nSPS) is 15.7. The summed E-state index contributed by atoms with van der Waals surface area (Å²) in [6.07, 6.45) is -6.32. The fourth-order valence-corrected chi connectivity index (χ4v) is 0.961. The van der Waals surface area contributed by atoms with Crippen molar-refractivity contribution in [2.45, 2.75) is 38.9 Å². The van der Waals surface area contributed by atoms with Crippen molar-refractivity contribution in [3.63, 3.8) is 0 Å². The summed E-state index contributed by atoms with van der Waals surface area (Å²) in [5.41, 5.74) is -1.69. The van der Waals surface area contributed by atoms with E-state index in [2.05, 4.69) is 0 Å². The largest absolute Gasteiger partial charge is 0.480 e. The molecule has 0 radical (unpaired) electrons. The van der Waals surface area contributed by atoms with Crippen molar-refractivity contribution in [3.05, 3.63) is 0 Å². The van der Waals surface area contributed by atoms with Gasteiger partial charge in [-0.3, -0.25) is 4.79 Å². The topological polar surface area (TPSA) is 66.4 Å². The summed E-state index contributed by atoms with van der Waals surface area (Å²) in [7, 11) is 0. The number of aliphatic carboxylic acids is 1. The molecule has 0 aliphatic heterocycles. The van der Waals surface area contributed by atoms with Crippen molar-refractivity contribution in [1.82, 2.24) is 5.32 Å². The van der Waals surface area contributed by atoms with Crippen LogP contribution in [0.15, 0.2) is 0 Å². The fraction of sp³-hybridized carbons (Fsp3) is 0.778. The first kappa shape index (κ1) is 14.7. The lowest BCUT2D eigenvalue weighted by Gasteiger charge is -2.30. The zero-order chi connectivity index (χ0) is 13.1. The van der Waals surface area contributed by atoms with Crippen molar-refractivity contribution in [1.29, 1.82) is 0 Å². The Morgan fingerprint density at radius 1 is 1.31 bits per heavy atom. The third-order valence-corrected chi connectivity index (χ3v) is 2.36. The number of carbonyl (C=O) groups excluding carboxylic acids is 1. The number of halogens is 3. The number of hydrogen-bond acceptors (Lipinski definition) is 2. The molecular formula is C9H14F3NO3. The van der Waals surface area contributed by atoms with Crippen LogP contribution in [-0.2, 0) is 9.59 Å². The van der Waals surface area contributed by atoms with E-state index < -0.39 is 35.9 Å². The molecule has 0 rings (SSSR count). The summed E-state index contributed by atoms with van der Waals surface area (Å²) in [6, 6.07) is 0. The molecule has 1 amide bonds. The molecule has 7 heteroatoms. The van der Waals surface area contributed by atoms with E-state index in [0.717, 1.165) is 0 Å². The highest BCUT2D eigenvalue weighted by atomic mass is 19.4. The molecule has 0 saturated carbocycles. The van der Waals surface area contributed by atoms with Gasteiger partial charge in [-0.05, 0) is 12.8 Å². The van der Waals surface area contributed by atoms with Gasteiger partial charge in [-0.1, -0.05) is 13.8 Å². The summed E-state index contributed by atoms with van der Waals surface area (Å²) in [6.45, 7) is 4.18. The first-order valence-electron chi connectivity index (χ1n) is 4.60. The van der Waals surface area contributed by atoms with E-state index in [0.29, 0.717) is 0 Å². The Bertz CT molecular complexity index is 288. The van der Waals surface area contributed by atoms with Crippen LogP contribution in [0.1, 0.15) is 27.2 Å². The second-order valence-corrected chi connectivity index (χ2v) is 4.00. The molecular weight excluding hydrogens is 227 g/mol. The van der Waals surface area contributed by atoms with Gasteiger partial charge in [-0.25, -0.2) is 4.79 Å². The molecule has 94 valence electrons. The highest BCUT2D eigenvalue weighted by Gasteiger charge is 2.40. The van der Waals surface area contributed by atoms with Gasteiger partial charge < -0.3 is 10.4 Å². The monoisotopic (exact) mass is 241 g/mol. The molecule has 2 N–H and O–H groups in total. The van der Waals surface area contributed by atoms with Crippen molar-refractivity contribution < 1.29 is 27.9 Å². The Labute approximate surface area is 90.8 Å². The minimum absolute atomic E-state index is 0.526. The van der Waals surface area contributed by atoms with Crippen molar-refractivity contribution in [3.8, 4) is 0 Å². The van der Waals surface area contributed by atoms with E-state index in [4.69, 9.17) is 5.11 Å². The quantitative estimate of drug-likeness (QED) is 0.784. The lowest BCUT2D eigenvalue weighted by atomic mass is 9.88. The number of carboxylic acid groups (broad SMARTS) is 1. The number of hydrogen-bond donors (Lipinski definition) is 2. The summed E-state index contributed by atoms with van der Waals surface area (Å²) in [4.78, 5) is 21.9. The van der Waals surface area contributed by atoms with Crippen LogP contribution in [0.5, 0.6) is 0 Å². The second-order valence-electron chi connectivity index (χ2n) is 4.00. The van der Waals surface area contributed by atoms with Crippen LogP contribution in [0.2, 0.25) is 0 Å². The van der Waals surface area contributed by atoms with Gasteiger partial charge in [0, 0.05) is 0 Å². The maximum Gasteiger partial charge on any atom is 0.397 e. The van der Waals surface area contributed by atoms with Gasteiger partial charge in [-0.2, -0.15) is 13.2 Å². The molecule has 0 aromatic rings. The van der Waals surface area contributed by atoms with E-state index in [1.165, 1.54) is 20.8 Å². The number of nitrogens with one attached hydrogen (secondary N) is 1. The number of rotatable bonds is 4. The van der Waals surface area contributed by atoms with Gasteiger partial charge >= 0.3 is 12.1 Å². The molecule has 0 heterocycles. The van der Waals surface area contributed by atoms with Crippen molar-refractivity contribution in [2.75, 3.05) is 0 Å². The van der Waals surface area contributed by atoms with Crippen LogP contribution in [0.25, 0.3) is 0 Å². The molecule has 0 fully saturated rings. The molecule has 1 atom stereocenters. The van der Waals surface area contributed by atoms with Crippen LogP contribution < -0.4 is 5.32 Å². The van der Waals surface area contributed by atoms with E-state index in [-0.39, 0.29) is 0 Å². The molecule has 0 aromatic carbocycles. The van der Waals surface area contributed by atoms with Crippen LogP contribution in [0, 0.1) is 5.92 Å². The molecule has 0 spiro atoms. The van der Waals surface area contributed by atoms with E-state index in [1.54, 1.807) is 0 Å². The first-order chi connectivity index (χ1) is 6.99. The average molecular weight is 241 g/mol. The summed E-state index contributed by atoms with van der Waals surface area (Å²) >= 11 is 0. The summed E-state index contributed by atoms with van der Waals surface area (Å²) in [5.74, 6) is -3.23. The maximum absolute atomic E-state index is 11.9. The molecule has 4 nitrogen and oxygen atoms in total. The van der Waals surface area contributed by atoms with Gasteiger partial charge in [0.1, 0.15) is 12.0 Å². The summed E-state index contributed by atoms with van der Waals surface area (Å²) < 4.78 is 35.6. The van der Waals surface area contributed by atoms with E-state index >= 15 is 0 Å². The minimum atomic E-state index is -4.64. The number of amides is 1. The Kier molecular flexibility index (Phi) is 4.34. The lowest BCUT2D eigenvalue weighted by molar-refractivity contribution is -0.160.